The first-order valence-corrected chi connectivity index (χ1v) is 5.24. The largest absolute Gasteiger partial charge is 0.481 e. The lowest BCUT2D eigenvalue weighted by atomic mass is 10.0. The summed E-state index contributed by atoms with van der Waals surface area (Å²) in [4.78, 5) is 22.3. The van der Waals surface area contributed by atoms with Crippen LogP contribution in [0.5, 0.6) is 0 Å². The normalized spacial score (nSPS) is 12.8. The maximum absolute atomic E-state index is 11.1. The Balaban J connectivity index is 2.40. The molecule has 5 nitrogen and oxygen atoms in total. The van der Waals surface area contributed by atoms with Crippen molar-refractivity contribution in [1.82, 2.24) is 15.0 Å². The van der Waals surface area contributed by atoms with Gasteiger partial charge in [-0.1, -0.05) is 13.3 Å². The van der Waals surface area contributed by atoms with Crippen LogP contribution in [-0.2, 0) is 4.79 Å². The van der Waals surface area contributed by atoms with Gasteiger partial charge >= 0.3 is 5.97 Å². The molecule has 2 aromatic heterocycles. The molecule has 2 aromatic rings. The maximum atomic E-state index is 11.1. The number of aliphatic carboxylic acids is 1. The van der Waals surface area contributed by atoms with E-state index in [1.165, 1.54) is 0 Å². The molecule has 0 radical (unpaired) electrons. The molecule has 0 aliphatic heterocycles. The van der Waals surface area contributed by atoms with Crippen LogP contribution < -0.4 is 0 Å². The van der Waals surface area contributed by atoms with E-state index < -0.39 is 11.9 Å². The Hall–Kier alpha value is -1.91. The highest BCUT2D eigenvalue weighted by Crippen LogP contribution is 2.21. The molecular formula is C11H13N3O2. The molecule has 1 atom stereocenters. The second kappa shape index (κ2) is 4.30. The Bertz CT molecular complexity index is 474. The number of hydrogen-bond acceptors (Lipinski definition) is 3. The monoisotopic (exact) mass is 219 g/mol. The number of aromatic nitrogens is 3. The van der Waals surface area contributed by atoms with Crippen molar-refractivity contribution in [2.24, 2.45) is 0 Å². The number of hydrogen-bond donors (Lipinski definition) is 2. The van der Waals surface area contributed by atoms with Crippen LogP contribution in [0.2, 0.25) is 0 Å². The van der Waals surface area contributed by atoms with Crippen LogP contribution in [0.15, 0.2) is 18.5 Å². The lowest BCUT2D eigenvalue weighted by Gasteiger charge is -2.06. The minimum Gasteiger partial charge on any atom is -0.481 e. The van der Waals surface area contributed by atoms with Gasteiger partial charge in [0.2, 0.25) is 0 Å². The van der Waals surface area contributed by atoms with Crippen molar-refractivity contribution >= 4 is 17.0 Å². The molecule has 0 saturated carbocycles. The van der Waals surface area contributed by atoms with Crippen molar-refractivity contribution in [1.29, 1.82) is 0 Å². The smallest absolute Gasteiger partial charge is 0.314 e. The van der Waals surface area contributed by atoms with Gasteiger partial charge < -0.3 is 10.1 Å². The Morgan fingerprint density at radius 2 is 2.44 bits per heavy atom. The molecule has 0 amide bonds. The molecule has 16 heavy (non-hydrogen) atoms. The van der Waals surface area contributed by atoms with Crippen molar-refractivity contribution in [3.8, 4) is 0 Å². The standard InChI is InChI=1S/C11H13N3O2/c1-2-3-7(11(15)16)10-13-8-4-5-12-6-9(8)14-10/h4-7H,2-3H2,1H3,(H,13,14)(H,15,16). The van der Waals surface area contributed by atoms with Crippen molar-refractivity contribution < 1.29 is 9.90 Å². The minimum absolute atomic E-state index is 0.511. The number of H-pyrrole nitrogens is 1. The summed E-state index contributed by atoms with van der Waals surface area (Å²) in [7, 11) is 0. The summed E-state index contributed by atoms with van der Waals surface area (Å²) >= 11 is 0. The first-order chi connectivity index (χ1) is 7.72. The fraction of sp³-hybridized carbons (Fsp3) is 0.364. The Morgan fingerprint density at radius 1 is 1.62 bits per heavy atom. The third-order valence-corrected chi connectivity index (χ3v) is 2.51. The highest BCUT2D eigenvalue weighted by molar-refractivity contribution is 5.78. The zero-order chi connectivity index (χ0) is 11.5. The number of nitrogens with one attached hydrogen (secondary N) is 1. The average molecular weight is 219 g/mol. The van der Waals surface area contributed by atoms with Crippen LogP contribution in [0.1, 0.15) is 31.5 Å². The van der Waals surface area contributed by atoms with Gasteiger partial charge in [-0.15, -0.1) is 0 Å². The van der Waals surface area contributed by atoms with Crippen LogP contribution in [0.4, 0.5) is 0 Å². The zero-order valence-corrected chi connectivity index (χ0v) is 8.97. The number of rotatable bonds is 4. The number of imidazole rings is 1. The van der Waals surface area contributed by atoms with Crippen LogP contribution in [0, 0.1) is 0 Å². The number of carboxylic acid groups (broad SMARTS) is 1. The fourth-order valence-electron chi connectivity index (χ4n) is 1.71. The fourth-order valence-corrected chi connectivity index (χ4v) is 1.71. The van der Waals surface area contributed by atoms with E-state index in [4.69, 9.17) is 5.11 Å². The second-order valence-electron chi connectivity index (χ2n) is 3.69. The number of carboxylic acids is 1. The third kappa shape index (κ3) is 1.88. The van der Waals surface area contributed by atoms with E-state index in [1.54, 1.807) is 18.5 Å². The summed E-state index contributed by atoms with van der Waals surface area (Å²) in [6, 6.07) is 1.76. The van der Waals surface area contributed by atoms with Gasteiger partial charge in [0.25, 0.3) is 0 Å². The molecular weight excluding hydrogens is 206 g/mol. The first-order valence-electron chi connectivity index (χ1n) is 5.24. The van der Waals surface area contributed by atoms with Gasteiger partial charge in [0, 0.05) is 6.20 Å². The van der Waals surface area contributed by atoms with Gasteiger partial charge in [-0.05, 0) is 12.5 Å². The van der Waals surface area contributed by atoms with Crippen LogP contribution >= 0.6 is 0 Å². The van der Waals surface area contributed by atoms with E-state index in [0.717, 1.165) is 17.5 Å². The summed E-state index contributed by atoms with van der Waals surface area (Å²) < 4.78 is 0. The van der Waals surface area contributed by atoms with Crippen LogP contribution in [0.25, 0.3) is 11.0 Å². The number of nitrogens with zero attached hydrogens (tertiary/aromatic N) is 2. The Labute approximate surface area is 92.5 Å². The topological polar surface area (TPSA) is 78.9 Å². The van der Waals surface area contributed by atoms with Crippen molar-refractivity contribution in [3.63, 3.8) is 0 Å². The van der Waals surface area contributed by atoms with Gasteiger partial charge in [-0.2, -0.15) is 0 Å². The van der Waals surface area contributed by atoms with Crippen molar-refractivity contribution in [2.75, 3.05) is 0 Å². The van der Waals surface area contributed by atoms with E-state index in [2.05, 4.69) is 15.0 Å². The second-order valence-corrected chi connectivity index (χ2v) is 3.69. The van der Waals surface area contributed by atoms with E-state index in [-0.39, 0.29) is 0 Å². The molecule has 0 saturated heterocycles. The van der Waals surface area contributed by atoms with Crippen LogP contribution in [0.3, 0.4) is 0 Å². The van der Waals surface area contributed by atoms with Crippen LogP contribution in [-0.4, -0.2) is 26.0 Å². The third-order valence-electron chi connectivity index (χ3n) is 2.51. The molecule has 1 unspecified atom stereocenters. The predicted octanol–water partition coefficient (Wildman–Crippen LogP) is 1.93. The highest BCUT2D eigenvalue weighted by Gasteiger charge is 2.22. The van der Waals surface area contributed by atoms with E-state index >= 15 is 0 Å². The Kier molecular flexibility index (Phi) is 2.85. The predicted molar refractivity (Wildman–Crippen MR) is 59.2 cm³/mol. The SMILES string of the molecule is CCCC(C(=O)O)c1nc2ccncc2[nH]1. The summed E-state index contributed by atoms with van der Waals surface area (Å²) in [6.45, 7) is 1.96. The van der Waals surface area contributed by atoms with Gasteiger partial charge in [0.1, 0.15) is 11.7 Å². The van der Waals surface area contributed by atoms with Gasteiger partial charge in [0.05, 0.1) is 17.2 Å². The number of carbonyl (C=O) groups is 1. The Morgan fingerprint density at radius 3 is 3.06 bits per heavy atom. The van der Waals surface area contributed by atoms with Crippen molar-refractivity contribution in [2.45, 2.75) is 25.7 Å². The minimum atomic E-state index is -0.839. The number of pyridine rings is 1. The molecule has 2 rings (SSSR count). The summed E-state index contributed by atoms with van der Waals surface area (Å²) in [5.74, 6) is -0.886. The average Bonchev–Trinajstić information content (AvgIpc) is 2.68. The summed E-state index contributed by atoms with van der Waals surface area (Å²) in [5, 5.41) is 9.11. The molecule has 0 bridgehead atoms. The lowest BCUT2D eigenvalue weighted by Crippen LogP contribution is -2.12. The van der Waals surface area contributed by atoms with E-state index in [9.17, 15) is 4.79 Å². The molecule has 0 aliphatic carbocycles. The molecule has 2 heterocycles. The summed E-state index contributed by atoms with van der Waals surface area (Å²) in [6.07, 6.45) is 4.69. The van der Waals surface area contributed by atoms with E-state index in [0.29, 0.717) is 12.2 Å². The molecule has 5 heteroatoms. The quantitative estimate of drug-likeness (QED) is 0.823. The first kappa shape index (κ1) is 10.6. The summed E-state index contributed by atoms with van der Waals surface area (Å²) in [5.41, 5.74) is 1.53. The van der Waals surface area contributed by atoms with Gasteiger partial charge in [0.15, 0.2) is 0 Å². The highest BCUT2D eigenvalue weighted by atomic mass is 16.4. The van der Waals surface area contributed by atoms with E-state index in [1.807, 2.05) is 6.92 Å². The molecule has 0 spiro atoms. The number of aromatic amines is 1. The zero-order valence-electron chi connectivity index (χ0n) is 8.97. The van der Waals surface area contributed by atoms with Crippen molar-refractivity contribution in [3.05, 3.63) is 24.3 Å². The molecule has 0 fully saturated rings. The molecule has 0 aromatic carbocycles. The number of fused-ring (bicyclic) bond motifs is 1. The maximum Gasteiger partial charge on any atom is 0.314 e. The van der Waals surface area contributed by atoms with Gasteiger partial charge in [-0.25, -0.2) is 4.98 Å². The molecule has 2 N–H and O–H groups in total. The molecule has 0 aliphatic rings. The molecule has 84 valence electrons. The lowest BCUT2D eigenvalue weighted by molar-refractivity contribution is -0.139. The van der Waals surface area contributed by atoms with Gasteiger partial charge in [-0.3, -0.25) is 9.78 Å².